The van der Waals surface area contributed by atoms with Crippen LogP contribution in [0, 0.1) is 11.6 Å². The van der Waals surface area contributed by atoms with Crippen molar-refractivity contribution in [1.29, 1.82) is 0 Å². The number of nitrogens with zero attached hydrogens (tertiary/aromatic N) is 1. The van der Waals surface area contributed by atoms with Gasteiger partial charge >= 0.3 is 0 Å². The molecule has 0 aliphatic carbocycles. The molecule has 0 radical (unpaired) electrons. The third-order valence-electron chi connectivity index (χ3n) is 3.14. The van der Waals surface area contributed by atoms with Gasteiger partial charge in [-0.3, -0.25) is 4.98 Å². The molecule has 0 saturated carbocycles. The van der Waals surface area contributed by atoms with Crippen molar-refractivity contribution in [2.75, 3.05) is 6.54 Å². The van der Waals surface area contributed by atoms with Gasteiger partial charge in [0.05, 0.1) is 6.10 Å². The highest BCUT2D eigenvalue weighted by atomic mass is 19.1. The summed E-state index contributed by atoms with van der Waals surface area (Å²) in [7, 11) is 0. The van der Waals surface area contributed by atoms with Crippen LogP contribution in [-0.2, 0) is 0 Å². The fourth-order valence-electron chi connectivity index (χ4n) is 1.94. The van der Waals surface area contributed by atoms with E-state index in [9.17, 15) is 13.9 Å². The molecule has 2 rings (SSSR count). The molecule has 0 aliphatic rings. The first-order valence-electron chi connectivity index (χ1n) is 6.34. The lowest BCUT2D eigenvalue weighted by Crippen LogP contribution is -2.25. The molecule has 5 heteroatoms. The van der Waals surface area contributed by atoms with Crippen molar-refractivity contribution < 1.29 is 13.9 Å². The van der Waals surface area contributed by atoms with Crippen LogP contribution in [0.2, 0.25) is 0 Å². The van der Waals surface area contributed by atoms with Gasteiger partial charge in [-0.15, -0.1) is 0 Å². The SMILES string of the molecule is C[C@@H](NCC(O)c1cc(F)ccc1F)c1ccncc1. The Morgan fingerprint density at radius 2 is 1.90 bits per heavy atom. The van der Waals surface area contributed by atoms with Crippen LogP contribution < -0.4 is 5.32 Å². The Labute approximate surface area is 116 Å². The first kappa shape index (κ1) is 14.6. The van der Waals surface area contributed by atoms with E-state index < -0.39 is 17.7 Å². The summed E-state index contributed by atoms with van der Waals surface area (Å²) >= 11 is 0. The van der Waals surface area contributed by atoms with Gasteiger partial charge < -0.3 is 10.4 Å². The highest BCUT2D eigenvalue weighted by molar-refractivity contribution is 5.21. The molecule has 0 aliphatic heterocycles. The van der Waals surface area contributed by atoms with Crippen LogP contribution in [0.4, 0.5) is 8.78 Å². The molecule has 2 aromatic rings. The maximum Gasteiger partial charge on any atom is 0.129 e. The van der Waals surface area contributed by atoms with Crippen molar-refractivity contribution >= 4 is 0 Å². The summed E-state index contributed by atoms with van der Waals surface area (Å²) in [6, 6.07) is 6.74. The zero-order valence-electron chi connectivity index (χ0n) is 11.1. The Morgan fingerprint density at radius 1 is 1.20 bits per heavy atom. The maximum atomic E-state index is 13.5. The average Bonchev–Trinajstić information content (AvgIpc) is 2.47. The monoisotopic (exact) mass is 278 g/mol. The Balaban J connectivity index is 1.98. The van der Waals surface area contributed by atoms with Crippen LogP contribution in [0.3, 0.4) is 0 Å². The second-order valence-corrected chi connectivity index (χ2v) is 4.59. The van der Waals surface area contributed by atoms with Gasteiger partial charge in [0.15, 0.2) is 0 Å². The van der Waals surface area contributed by atoms with E-state index in [0.717, 1.165) is 23.8 Å². The number of pyridine rings is 1. The topological polar surface area (TPSA) is 45.1 Å². The summed E-state index contributed by atoms with van der Waals surface area (Å²) in [6.07, 6.45) is 2.25. The molecule has 20 heavy (non-hydrogen) atoms. The number of aromatic nitrogens is 1. The van der Waals surface area contributed by atoms with E-state index in [-0.39, 0.29) is 18.2 Å². The Kier molecular flexibility index (Phi) is 4.76. The second kappa shape index (κ2) is 6.54. The summed E-state index contributed by atoms with van der Waals surface area (Å²) in [5.74, 6) is -1.18. The third-order valence-corrected chi connectivity index (χ3v) is 3.14. The molecule has 1 aromatic carbocycles. The molecule has 0 spiro atoms. The van der Waals surface area contributed by atoms with Crippen LogP contribution in [0.5, 0.6) is 0 Å². The number of nitrogens with one attached hydrogen (secondary N) is 1. The molecular formula is C15H16F2N2O. The summed E-state index contributed by atoms with van der Waals surface area (Å²) in [4.78, 5) is 3.92. The first-order valence-corrected chi connectivity index (χ1v) is 6.34. The number of aliphatic hydroxyl groups excluding tert-OH is 1. The number of aliphatic hydroxyl groups is 1. The van der Waals surface area contributed by atoms with Gasteiger partial charge in [-0.2, -0.15) is 0 Å². The number of hydrogen-bond acceptors (Lipinski definition) is 3. The predicted octanol–water partition coefficient (Wildman–Crippen LogP) is 2.74. The number of benzene rings is 1. The highest BCUT2D eigenvalue weighted by Crippen LogP contribution is 2.19. The molecule has 0 amide bonds. The highest BCUT2D eigenvalue weighted by Gasteiger charge is 2.15. The van der Waals surface area contributed by atoms with Crippen LogP contribution in [0.1, 0.15) is 30.2 Å². The number of halogens is 2. The van der Waals surface area contributed by atoms with Crippen molar-refractivity contribution in [3.05, 3.63) is 65.5 Å². The molecule has 0 saturated heterocycles. The molecule has 2 atom stereocenters. The minimum absolute atomic E-state index is 0.0238. The summed E-state index contributed by atoms with van der Waals surface area (Å²) in [5, 5.41) is 13.0. The quantitative estimate of drug-likeness (QED) is 0.884. The Hall–Kier alpha value is -1.85. The lowest BCUT2D eigenvalue weighted by Gasteiger charge is -2.18. The van der Waals surface area contributed by atoms with E-state index in [1.165, 1.54) is 0 Å². The van der Waals surface area contributed by atoms with Crippen LogP contribution in [0.25, 0.3) is 0 Å². The zero-order valence-corrected chi connectivity index (χ0v) is 11.1. The molecule has 0 bridgehead atoms. The normalized spacial score (nSPS) is 14.0. The minimum atomic E-state index is -1.10. The predicted molar refractivity (Wildman–Crippen MR) is 72.0 cm³/mol. The maximum absolute atomic E-state index is 13.5. The molecule has 1 aromatic heterocycles. The summed E-state index contributed by atoms with van der Waals surface area (Å²) in [6.45, 7) is 2.05. The standard InChI is InChI=1S/C15H16F2N2O/c1-10(11-4-6-18-7-5-11)19-9-15(20)13-8-12(16)2-3-14(13)17/h2-8,10,15,19-20H,9H2,1H3/t10-,15?/m1/s1. The lowest BCUT2D eigenvalue weighted by molar-refractivity contribution is 0.166. The van der Waals surface area contributed by atoms with Crippen molar-refractivity contribution in [3.63, 3.8) is 0 Å². The van der Waals surface area contributed by atoms with E-state index >= 15 is 0 Å². The van der Waals surface area contributed by atoms with Crippen LogP contribution in [0.15, 0.2) is 42.7 Å². The summed E-state index contributed by atoms with van der Waals surface area (Å²) < 4.78 is 26.6. The van der Waals surface area contributed by atoms with Gasteiger partial charge in [-0.05, 0) is 42.8 Å². The van der Waals surface area contributed by atoms with Crippen LogP contribution >= 0.6 is 0 Å². The summed E-state index contributed by atoms with van der Waals surface area (Å²) in [5.41, 5.74) is 0.964. The van der Waals surface area contributed by atoms with Gasteiger partial charge in [0.2, 0.25) is 0 Å². The Bertz CT molecular complexity index is 563. The minimum Gasteiger partial charge on any atom is -0.387 e. The molecule has 2 N–H and O–H groups in total. The van der Waals surface area contributed by atoms with Gasteiger partial charge in [-0.1, -0.05) is 0 Å². The van der Waals surface area contributed by atoms with Gasteiger partial charge in [0.1, 0.15) is 11.6 Å². The van der Waals surface area contributed by atoms with Gasteiger partial charge in [0.25, 0.3) is 0 Å². The van der Waals surface area contributed by atoms with Crippen LogP contribution in [-0.4, -0.2) is 16.6 Å². The lowest BCUT2D eigenvalue weighted by atomic mass is 10.1. The zero-order chi connectivity index (χ0) is 14.5. The second-order valence-electron chi connectivity index (χ2n) is 4.59. The van der Waals surface area contributed by atoms with E-state index in [1.807, 2.05) is 19.1 Å². The van der Waals surface area contributed by atoms with E-state index in [2.05, 4.69) is 10.3 Å². The van der Waals surface area contributed by atoms with Gasteiger partial charge in [0, 0.05) is 30.5 Å². The third kappa shape index (κ3) is 3.59. The molecule has 1 unspecified atom stereocenters. The molecular weight excluding hydrogens is 262 g/mol. The van der Waals surface area contributed by atoms with E-state index in [1.54, 1.807) is 12.4 Å². The fourth-order valence-corrected chi connectivity index (χ4v) is 1.94. The Morgan fingerprint density at radius 3 is 2.60 bits per heavy atom. The average molecular weight is 278 g/mol. The number of rotatable bonds is 5. The number of hydrogen-bond donors (Lipinski definition) is 2. The fraction of sp³-hybridized carbons (Fsp3) is 0.267. The van der Waals surface area contributed by atoms with Crippen molar-refractivity contribution in [3.8, 4) is 0 Å². The smallest absolute Gasteiger partial charge is 0.129 e. The molecule has 1 heterocycles. The largest absolute Gasteiger partial charge is 0.387 e. The first-order chi connectivity index (χ1) is 9.58. The van der Waals surface area contributed by atoms with E-state index in [0.29, 0.717) is 0 Å². The molecule has 106 valence electrons. The van der Waals surface area contributed by atoms with Crippen molar-refractivity contribution in [2.24, 2.45) is 0 Å². The van der Waals surface area contributed by atoms with Crippen molar-refractivity contribution in [1.82, 2.24) is 10.3 Å². The van der Waals surface area contributed by atoms with Gasteiger partial charge in [-0.25, -0.2) is 8.78 Å². The van der Waals surface area contributed by atoms with Crippen molar-refractivity contribution in [2.45, 2.75) is 19.1 Å². The van der Waals surface area contributed by atoms with E-state index in [4.69, 9.17) is 0 Å². The molecule has 0 fully saturated rings. The molecule has 3 nitrogen and oxygen atoms in total.